The van der Waals surface area contributed by atoms with Crippen molar-refractivity contribution in [2.45, 2.75) is 39.0 Å². The van der Waals surface area contributed by atoms with Crippen molar-refractivity contribution >= 4 is 0 Å². The summed E-state index contributed by atoms with van der Waals surface area (Å²) in [6.07, 6.45) is 0.988. The van der Waals surface area contributed by atoms with Gasteiger partial charge in [-0.2, -0.15) is 18.3 Å². The Balaban J connectivity index is 2.02. The second-order valence-electron chi connectivity index (χ2n) is 4.76. The molecule has 1 N–H and O–H groups in total. The lowest BCUT2D eigenvalue weighted by molar-refractivity contribution is -0.142. The predicted octanol–water partition coefficient (Wildman–Crippen LogP) is 2.03. The first-order valence-corrected chi connectivity index (χ1v) is 6.64. The largest absolute Gasteiger partial charge is 0.435 e. The molecule has 0 unspecified atom stereocenters. The van der Waals surface area contributed by atoms with Gasteiger partial charge in [-0.1, -0.05) is 0 Å². The average molecular weight is 302 g/mol. The van der Waals surface area contributed by atoms with Crippen LogP contribution in [0.1, 0.15) is 23.5 Å². The Kier molecular flexibility index (Phi) is 4.66. The molecule has 0 saturated heterocycles. The summed E-state index contributed by atoms with van der Waals surface area (Å²) in [7, 11) is 0. The maximum absolute atomic E-state index is 12.8. The fourth-order valence-corrected chi connectivity index (χ4v) is 2.16. The van der Waals surface area contributed by atoms with Crippen LogP contribution >= 0.6 is 0 Å². The third-order valence-electron chi connectivity index (χ3n) is 3.20. The van der Waals surface area contributed by atoms with Crippen LogP contribution in [0.15, 0.2) is 18.6 Å². The molecule has 0 amide bonds. The van der Waals surface area contributed by atoms with Crippen LogP contribution in [-0.4, -0.2) is 31.0 Å². The third-order valence-corrected chi connectivity index (χ3v) is 3.20. The quantitative estimate of drug-likeness (QED) is 0.888. The second-order valence-corrected chi connectivity index (χ2v) is 4.76. The van der Waals surface area contributed by atoms with Crippen molar-refractivity contribution in [3.63, 3.8) is 0 Å². The van der Waals surface area contributed by atoms with Crippen LogP contribution in [0, 0.1) is 6.92 Å². The first-order chi connectivity index (χ1) is 9.91. The number of aromatic nitrogens is 4. The van der Waals surface area contributed by atoms with E-state index in [9.17, 15) is 13.2 Å². The SMILES string of the molecule is Cc1nccn1CCCn1cc(CCO)c(C(F)(F)F)n1. The van der Waals surface area contributed by atoms with Gasteiger partial charge in [-0.05, 0) is 19.8 Å². The van der Waals surface area contributed by atoms with Crippen molar-refractivity contribution in [2.75, 3.05) is 6.61 Å². The fraction of sp³-hybridized carbons (Fsp3) is 0.538. The third kappa shape index (κ3) is 3.84. The van der Waals surface area contributed by atoms with Gasteiger partial charge < -0.3 is 9.67 Å². The zero-order valence-corrected chi connectivity index (χ0v) is 11.6. The van der Waals surface area contributed by atoms with Gasteiger partial charge in [0.05, 0.1) is 0 Å². The summed E-state index contributed by atoms with van der Waals surface area (Å²) in [6.45, 7) is 2.59. The van der Waals surface area contributed by atoms with Crippen LogP contribution in [0.25, 0.3) is 0 Å². The van der Waals surface area contributed by atoms with E-state index in [4.69, 9.17) is 5.11 Å². The number of hydrogen-bond acceptors (Lipinski definition) is 3. The molecular weight excluding hydrogens is 285 g/mol. The number of hydrogen-bond donors (Lipinski definition) is 1. The lowest BCUT2D eigenvalue weighted by Gasteiger charge is -2.05. The number of alkyl halides is 3. The molecule has 0 radical (unpaired) electrons. The smallest absolute Gasteiger partial charge is 0.396 e. The molecule has 2 rings (SSSR count). The lowest BCUT2D eigenvalue weighted by atomic mass is 10.2. The Bertz CT molecular complexity index is 588. The van der Waals surface area contributed by atoms with Crippen LogP contribution in [0.5, 0.6) is 0 Å². The van der Waals surface area contributed by atoms with Gasteiger partial charge in [-0.15, -0.1) is 0 Å². The maximum atomic E-state index is 12.8. The Hall–Kier alpha value is -1.83. The number of rotatable bonds is 6. The zero-order valence-electron chi connectivity index (χ0n) is 11.6. The molecule has 2 heterocycles. The minimum atomic E-state index is -4.49. The molecule has 21 heavy (non-hydrogen) atoms. The van der Waals surface area contributed by atoms with Gasteiger partial charge in [-0.3, -0.25) is 4.68 Å². The Morgan fingerprint density at radius 2 is 2.05 bits per heavy atom. The first-order valence-electron chi connectivity index (χ1n) is 6.64. The molecule has 2 aromatic heterocycles. The summed E-state index contributed by atoms with van der Waals surface area (Å²) in [5, 5.41) is 12.4. The average Bonchev–Trinajstić information content (AvgIpc) is 2.97. The highest BCUT2D eigenvalue weighted by atomic mass is 19.4. The molecule has 0 aliphatic heterocycles. The number of aryl methyl sites for hydroxylation is 3. The van der Waals surface area contributed by atoms with E-state index in [1.807, 2.05) is 17.7 Å². The molecular formula is C13H17F3N4O. The molecule has 5 nitrogen and oxygen atoms in total. The number of nitrogens with zero attached hydrogens (tertiary/aromatic N) is 4. The van der Waals surface area contributed by atoms with Crippen LogP contribution < -0.4 is 0 Å². The molecule has 0 aliphatic rings. The van der Waals surface area contributed by atoms with Gasteiger partial charge in [0, 0.05) is 43.9 Å². The summed E-state index contributed by atoms with van der Waals surface area (Å²) in [5.41, 5.74) is -0.876. The minimum absolute atomic E-state index is 0.0313. The van der Waals surface area contributed by atoms with Crippen LogP contribution in [-0.2, 0) is 25.7 Å². The van der Waals surface area contributed by atoms with E-state index < -0.39 is 11.9 Å². The van der Waals surface area contributed by atoms with E-state index in [1.54, 1.807) is 6.20 Å². The van der Waals surface area contributed by atoms with Gasteiger partial charge in [0.2, 0.25) is 0 Å². The predicted molar refractivity (Wildman–Crippen MR) is 69.6 cm³/mol. The van der Waals surface area contributed by atoms with Crippen molar-refractivity contribution < 1.29 is 18.3 Å². The molecule has 0 aromatic carbocycles. The number of aliphatic hydroxyl groups excluding tert-OH is 1. The van der Waals surface area contributed by atoms with Crippen LogP contribution in [0.4, 0.5) is 13.2 Å². The highest BCUT2D eigenvalue weighted by molar-refractivity contribution is 5.20. The molecule has 116 valence electrons. The van der Waals surface area contributed by atoms with Gasteiger partial charge >= 0.3 is 6.18 Å². The normalized spacial score (nSPS) is 12.0. The summed E-state index contributed by atoms with van der Waals surface area (Å²) in [5.74, 6) is 0.868. The minimum Gasteiger partial charge on any atom is -0.396 e. The Morgan fingerprint density at radius 1 is 1.29 bits per heavy atom. The first kappa shape index (κ1) is 15.6. The van der Waals surface area contributed by atoms with E-state index in [1.165, 1.54) is 10.9 Å². The maximum Gasteiger partial charge on any atom is 0.435 e. The Labute approximate surface area is 120 Å². The molecule has 0 saturated carbocycles. The van der Waals surface area contributed by atoms with E-state index in [0.717, 1.165) is 5.82 Å². The van der Waals surface area contributed by atoms with E-state index >= 15 is 0 Å². The van der Waals surface area contributed by atoms with Gasteiger partial charge in [0.15, 0.2) is 5.69 Å². The van der Waals surface area contributed by atoms with Crippen molar-refractivity contribution in [3.8, 4) is 0 Å². The Morgan fingerprint density at radius 3 is 2.62 bits per heavy atom. The number of imidazole rings is 1. The molecule has 0 spiro atoms. The van der Waals surface area contributed by atoms with Crippen molar-refractivity contribution in [3.05, 3.63) is 35.7 Å². The molecule has 2 aromatic rings. The number of halogens is 3. The summed E-state index contributed by atoms with van der Waals surface area (Å²) in [4.78, 5) is 4.08. The molecule has 0 fully saturated rings. The van der Waals surface area contributed by atoms with Crippen LogP contribution in [0.3, 0.4) is 0 Å². The fourth-order valence-electron chi connectivity index (χ4n) is 2.16. The molecule has 0 bridgehead atoms. The zero-order chi connectivity index (χ0) is 15.5. The summed E-state index contributed by atoms with van der Waals surface area (Å²) >= 11 is 0. The van der Waals surface area contributed by atoms with Crippen molar-refractivity contribution in [1.29, 1.82) is 0 Å². The molecule has 0 atom stereocenters. The highest BCUT2D eigenvalue weighted by Gasteiger charge is 2.36. The van der Waals surface area contributed by atoms with Gasteiger partial charge in [-0.25, -0.2) is 4.98 Å². The summed E-state index contributed by atoms with van der Waals surface area (Å²) in [6, 6.07) is 0. The van der Waals surface area contributed by atoms with Crippen LogP contribution in [0.2, 0.25) is 0 Å². The second kappa shape index (κ2) is 6.30. The summed E-state index contributed by atoms with van der Waals surface area (Å²) < 4.78 is 41.7. The van der Waals surface area contributed by atoms with E-state index in [-0.39, 0.29) is 18.6 Å². The topological polar surface area (TPSA) is 55.9 Å². The highest BCUT2D eigenvalue weighted by Crippen LogP contribution is 2.30. The van der Waals surface area contributed by atoms with E-state index in [0.29, 0.717) is 19.5 Å². The van der Waals surface area contributed by atoms with E-state index in [2.05, 4.69) is 10.1 Å². The lowest BCUT2D eigenvalue weighted by Crippen LogP contribution is -2.11. The standard InChI is InChI=1S/C13H17F3N4O/c1-10-17-4-7-19(10)5-2-6-20-9-11(3-8-21)12(18-20)13(14,15)16/h4,7,9,21H,2-3,5-6,8H2,1H3. The van der Waals surface area contributed by atoms with Gasteiger partial charge in [0.1, 0.15) is 5.82 Å². The number of aliphatic hydroxyl groups is 1. The van der Waals surface area contributed by atoms with Crippen molar-refractivity contribution in [2.24, 2.45) is 0 Å². The monoisotopic (exact) mass is 302 g/mol. The molecule has 0 aliphatic carbocycles. The van der Waals surface area contributed by atoms with Crippen molar-refractivity contribution in [1.82, 2.24) is 19.3 Å². The van der Waals surface area contributed by atoms with Gasteiger partial charge in [0.25, 0.3) is 0 Å². The molecule has 8 heteroatoms.